The highest BCUT2D eigenvalue weighted by molar-refractivity contribution is 7.22. The number of aromatic nitrogens is 2. The summed E-state index contributed by atoms with van der Waals surface area (Å²) >= 11 is 1.69. The number of rotatable bonds is 4. The normalized spacial score (nSPS) is 12.2. The molecule has 0 saturated carbocycles. The van der Waals surface area contributed by atoms with E-state index in [1.54, 1.807) is 11.3 Å². The minimum absolute atomic E-state index is 0.228. The Labute approximate surface area is 145 Å². The maximum atomic E-state index is 4.71. The molecular weight excluding hydrogens is 314 g/mol. The van der Waals surface area contributed by atoms with Gasteiger partial charge in [-0.15, -0.1) is 0 Å². The molecule has 0 unspecified atom stereocenters. The lowest BCUT2D eigenvalue weighted by atomic mass is 10.1. The quantitative estimate of drug-likeness (QED) is 0.534. The average Bonchev–Trinajstić information content (AvgIpc) is 3.04. The molecule has 0 spiro atoms. The summed E-state index contributed by atoms with van der Waals surface area (Å²) in [5.74, 6) is 0. The number of anilines is 1. The summed E-state index contributed by atoms with van der Waals surface area (Å²) in [6, 6.07) is 21.1. The SMILES string of the molecule is C[C@H](Nc1nc2ccc(-c3ccncc3)cc2s1)c1ccccc1. The number of hydrogen-bond acceptors (Lipinski definition) is 4. The monoisotopic (exact) mass is 331 g/mol. The van der Waals surface area contributed by atoms with Gasteiger partial charge in [0.25, 0.3) is 0 Å². The van der Waals surface area contributed by atoms with Crippen molar-refractivity contribution in [3.63, 3.8) is 0 Å². The van der Waals surface area contributed by atoms with Gasteiger partial charge in [0.05, 0.1) is 16.3 Å². The zero-order valence-electron chi connectivity index (χ0n) is 13.3. The molecule has 0 fully saturated rings. The van der Waals surface area contributed by atoms with E-state index >= 15 is 0 Å². The molecule has 0 aliphatic heterocycles. The third-order valence-electron chi connectivity index (χ3n) is 4.04. The third kappa shape index (κ3) is 3.01. The first-order valence-corrected chi connectivity index (χ1v) is 8.74. The lowest BCUT2D eigenvalue weighted by Crippen LogP contribution is -2.05. The highest BCUT2D eigenvalue weighted by Gasteiger charge is 2.09. The Hall–Kier alpha value is -2.72. The molecule has 0 radical (unpaired) electrons. The van der Waals surface area contributed by atoms with Crippen LogP contribution in [-0.2, 0) is 0 Å². The summed E-state index contributed by atoms with van der Waals surface area (Å²) in [5.41, 5.74) is 4.65. The molecule has 4 rings (SSSR count). The molecule has 0 bridgehead atoms. The van der Waals surface area contributed by atoms with Crippen molar-refractivity contribution in [1.82, 2.24) is 9.97 Å². The fourth-order valence-electron chi connectivity index (χ4n) is 2.72. The van der Waals surface area contributed by atoms with Gasteiger partial charge < -0.3 is 5.32 Å². The van der Waals surface area contributed by atoms with Crippen LogP contribution in [0.4, 0.5) is 5.13 Å². The van der Waals surface area contributed by atoms with Crippen molar-refractivity contribution in [3.05, 3.63) is 78.6 Å². The lowest BCUT2D eigenvalue weighted by molar-refractivity contribution is 0.883. The second-order valence-electron chi connectivity index (χ2n) is 5.71. The van der Waals surface area contributed by atoms with Gasteiger partial charge in [-0.2, -0.15) is 0 Å². The van der Waals surface area contributed by atoms with Crippen molar-refractivity contribution in [2.45, 2.75) is 13.0 Å². The van der Waals surface area contributed by atoms with Crippen molar-refractivity contribution in [1.29, 1.82) is 0 Å². The molecule has 2 heterocycles. The van der Waals surface area contributed by atoms with Crippen molar-refractivity contribution in [2.24, 2.45) is 0 Å². The molecule has 4 heteroatoms. The first-order valence-electron chi connectivity index (χ1n) is 7.92. The zero-order chi connectivity index (χ0) is 16.4. The van der Waals surface area contributed by atoms with Crippen LogP contribution in [0, 0.1) is 0 Å². The highest BCUT2D eigenvalue weighted by Crippen LogP contribution is 2.32. The van der Waals surface area contributed by atoms with Crippen LogP contribution in [0.5, 0.6) is 0 Å². The minimum Gasteiger partial charge on any atom is -0.355 e. The summed E-state index contributed by atoms with van der Waals surface area (Å²) in [7, 11) is 0. The van der Waals surface area contributed by atoms with Gasteiger partial charge >= 0.3 is 0 Å². The van der Waals surface area contributed by atoms with Gasteiger partial charge in [0.1, 0.15) is 0 Å². The fourth-order valence-corrected chi connectivity index (χ4v) is 3.71. The first kappa shape index (κ1) is 14.8. The molecule has 0 saturated heterocycles. The van der Waals surface area contributed by atoms with Gasteiger partial charge in [-0.25, -0.2) is 4.98 Å². The molecule has 24 heavy (non-hydrogen) atoms. The van der Waals surface area contributed by atoms with Gasteiger partial charge in [-0.1, -0.05) is 47.7 Å². The standard InChI is InChI=1S/C20H17N3S/c1-14(15-5-3-2-4-6-15)22-20-23-18-8-7-17(13-19(18)24-20)16-9-11-21-12-10-16/h2-14H,1H3,(H,22,23)/t14-/m0/s1. The van der Waals surface area contributed by atoms with Gasteiger partial charge in [0.2, 0.25) is 0 Å². The van der Waals surface area contributed by atoms with Crippen LogP contribution in [0.1, 0.15) is 18.5 Å². The van der Waals surface area contributed by atoms with Crippen molar-refractivity contribution in [3.8, 4) is 11.1 Å². The van der Waals surface area contributed by atoms with Crippen LogP contribution in [0.3, 0.4) is 0 Å². The van der Waals surface area contributed by atoms with Crippen molar-refractivity contribution >= 4 is 26.7 Å². The Morgan fingerprint density at radius 1 is 0.917 bits per heavy atom. The Morgan fingerprint density at radius 2 is 1.71 bits per heavy atom. The molecule has 1 N–H and O–H groups in total. The van der Waals surface area contributed by atoms with E-state index < -0.39 is 0 Å². The van der Waals surface area contributed by atoms with Crippen LogP contribution in [-0.4, -0.2) is 9.97 Å². The lowest BCUT2D eigenvalue weighted by Gasteiger charge is -2.12. The van der Waals surface area contributed by atoms with Crippen molar-refractivity contribution in [2.75, 3.05) is 5.32 Å². The molecule has 2 aromatic carbocycles. The zero-order valence-corrected chi connectivity index (χ0v) is 14.1. The van der Waals surface area contributed by atoms with Crippen LogP contribution < -0.4 is 5.32 Å². The van der Waals surface area contributed by atoms with E-state index in [1.165, 1.54) is 21.4 Å². The van der Waals surface area contributed by atoms with E-state index in [4.69, 9.17) is 4.98 Å². The molecule has 0 amide bonds. The van der Waals surface area contributed by atoms with E-state index in [1.807, 2.05) is 30.6 Å². The molecule has 2 aromatic heterocycles. The predicted molar refractivity (Wildman–Crippen MR) is 101 cm³/mol. The Morgan fingerprint density at radius 3 is 2.50 bits per heavy atom. The summed E-state index contributed by atoms with van der Waals surface area (Å²) < 4.78 is 1.19. The first-order chi connectivity index (χ1) is 11.8. The van der Waals surface area contributed by atoms with E-state index in [-0.39, 0.29) is 6.04 Å². The number of nitrogens with zero attached hydrogens (tertiary/aromatic N) is 2. The van der Waals surface area contributed by atoms with E-state index in [0.29, 0.717) is 0 Å². The second kappa shape index (κ2) is 6.42. The molecule has 0 aliphatic rings. The van der Waals surface area contributed by atoms with Crippen LogP contribution in [0.25, 0.3) is 21.3 Å². The van der Waals surface area contributed by atoms with E-state index in [9.17, 15) is 0 Å². The summed E-state index contributed by atoms with van der Waals surface area (Å²) in [4.78, 5) is 8.79. The number of fused-ring (bicyclic) bond motifs is 1. The summed E-state index contributed by atoms with van der Waals surface area (Å²) in [6.07, 6.45) is 3.64. The Kier molecular flexibility index (Phi) is 3.97. The minimum atomic E-state index is 0.228. The smallest absolute Gasteiger partial charge is 0.184 e. The second-order valence-corrected chi connectivity index (χ2v) is 6.74. The Balaban J connectivity index is 1.62. The summed E-state index contributed by atoms with van der Waals surface area (Å²) in [5, 5.41) is 4.46. The van der Waals surface area contributed by atoms with Crippen LogP contribution in [0.15, 0.2) is 73.1 Å². The van der Waals surface area contributed by atoms with Crippen LogP contribution in [0.2, 0.25) is 0 Å². The van der Waals surface area contributed by atoms with Crippen molar-refractivity contribution < 1.29 is 0 Å². The number of hydrogen-bond donors (Lipinski definition) is 1. The third-order valence-corrected chi connectivity index (χ3v) is 4.99. The topological polar surface area (TPSA) is 37.8 Å². The average molecular weight is 331 g/mol. The van der Waals surface area contributed by atoms with E-state index in [2.05, 4.69) is 59.7 Å². The van der Waals surface area contributed by atoms with Gasteiger partial charge in [-0.05, 0) is 47.9 Å². The fraction of sp³-hybridized carbons (Fsp3) is 0.100. The predicted octanol–water partition coefficient (Wildman–Crippen LogP) is 5.53. The number of nitrogens with one attached hydrogen (secondary N) is 1. The molecular formula is C20H17N3S. The maximum Gasteiger partial charge on any atom is 0.184 e. The van der Waals surface area contributed by atoms with Gasteiger partial charge in [0, 0.05) is 12.4 Å². The van der Waals surface area contributed by atoms with Crippen LogP contribution >= 0.6 is 11.3 Å². The number of pyridine rings is 1. The van der Waals surface area contributed by atoms with Gasteiger partial charge in [-0.3, -0.25) is 4.98 Å². The van der Waals surface area contributed by atoms with Gasteiger partial charge in [0.15, 0.2) is 5.13 Å². The largest absolute Gasteiger partial charge is 0.355 e. The molecule has 0 aliphatic carbocycles. The molecule has 3 nitrogen and oxygen atoms in total. The summed E-state index contributed by atoms with van der Waals surface area (Å²) in [6.45, 7) is 2.16. The molecule has 118 valence electrons. The van der Waals surface area contributed by atoms with E-state index in [0.717, 1.165) is 10.6 Å². The molecule has 1 atom stereocenters. The number of thiazole rings is 1. The number of benzene rings is 2. The Bertz CT molecular complexity index is 948. The highest BCUT2D eigenvalue weighted by atomic mass is 32.1. The molecule has 4 aromatic rings. The maximum absolute atomic E-state index is 4.71.